The first kappa shape index (κ1) is 10.2. The van der Waals surface area contributed by atoms with Gasteiger partial charge in [0.25, 0.3) is 5.91 Å². The minimum Gasteiger partial charge on any atom is -0.436 e. The van der Waals surface area contributed by atoms with Gasteiger partial charge in [0.15, 0.2) is 11.6 Å². The molecule has 0 aliphatic heterocycles. The van der Waals surface area contributed by atoms with Gasteiger partial charge in [-0.15, -0.1) is 0 Å². The zero-order valence-corrected chi connectivity index (χ0v) is 8.73. The van der Waals surface area contributed by atoms with Crippen LogP contribution < -0.4 is 10.6 Å². The highest BCUT2D eigenvalue weighted by Crippen LogP contribution is 2.13. The van der Waals surface area contributed by atoms with E-state index in [2.05, 4.69) is 15.6 Å². The molecule has 82 valence electrons. The van der Waals surface area contributed by atoms with Crippen molar-refractivity contribution in [2.45, 2.75) is 0 Å². The molecule has 2 N–H and O–H groups in total. The van der Waals surface area contributed by atoms with E-state index in [1.807, 2.05) is 0 Å². The SMILES string of the molecule is CNc1ccc(C(=O)Nc2ccccn2)o1. The summed E-state index contributed by atoms with van der Waals surface area (Å²) < 4.78 is 5.22. The maximum Gasteiger partial charge on any atom is 0.292 e. The summed E-state index contributed by atoms with van der Waals surface area (Å²) in [6.07, 6.45) is 1.61. The van der Waals surface area contributed by atoms with Crippen LogP contribution in [0, 0.1) is 0 Å². The number of hydrogen-bond acceptors (Lipinski definition) is 4. The zero-order valence-electron chi connectivity index (χ0n) is 8.73. The molecule has 1 amide bonds. The van der Waals surface area contributed by atoms with Crippen molar-refractivity contribution in [2.24, 2.45) is 0 Å². The van der Waals surface area contributed by atoms with Crippen LogP contribution in [0.4, 0.5) is 11.7 Å². The Morgan fingerprint density at radius 1 is 1.31 bits per heavy atom. The summed E-state index contributed by atoms with van der Waals surface area (Å²) in [5, 5.41) is 5.43. The molecule has 0 aromatic carbocycles. The number of hydrogen-bond donors (Lipinski definition) is 2. The number of pyridine rings is 1. The van der Waals surface area contributed by atoms with Crippen molar-refractivity contribution in [3.8, 4) is 0 Å². The molecule has 5 nitrogen and oxygen atoms in total. The first-order valence-electron chi connectivity index (χ1n) is 4.79. The molecule has 5 heteroatoms. The average molecular weight is 217 g/mol. The van der Waals surface area contributed by atoms with Gasteiger partial charge < -0.3 is 15.1 Å². The van der Waals surface area contributed by atoms with Crippen molar-refractivity contribution < 1.29 is 9.21 Å². The van der Waals surface area contributed by atoms with Gasteiger partial charge in [-0.2, -0.15) is 0 Å². The number of rotatable bonds is 3. The predicted molar refractivity (Wildman–Crippen MR) is 60.4 cm³/mol. The number of carbonyl (C=O) groups is 1. The highest BCUT2D eigenvalue weighted by Gasteiger charge is 2.10. The number of anilines is 2. The first-order chi connectivity index (χ1) is 7.79. The fraction of sp³-hybridized carbons (Fsp3) is 0.0909. The molecular weight excluding hydrogens is 206 g/mol. The lowest BCUT2D eigenvalue weighted by Crippen LogP contribution is -2.11. The standard InChI is InChI=1S/C11H11N3O2/c1-12-10-6-5-8(16-10)11(15)14-9-4-2-3-7-13-9/h2-7,12H,1H3,(H,13,14,15). The Balaban J connectivity index is 2.09. The summed E-state index contributed by atoms with van der Waals surface area (Å²) in [5.74, 6) is 0.969. The van der Waals surface area contributed by atoms with Gasteiger partial charge in [0.05, 0.1) is 0 Å². The molecule has 0 bridgehead atoms. The van der Waals surface area contributed by atoms with Crippen molar-refractivity contribution in [1.29, 1.82) is 0 Å². The fourth-order valence-electron chi connectivity index (χ4n) is 1.21. The van der Waals surface area contributed by atoms with Crippen molar-refractivity contribution >= 4 is 17.6 Å². The predicted octanol–water partition coefficient (Wildman–Crippen LogP) is 1.97. The largest absolute Gasteiger partial charge is 0.436 e. The number of amides is 1. The Hall–Kier alpha value is -2.30. The zero-order chi connectivity index (χ0) is 11.4. The number of aromatic nitrogens is 1. The van der Waals surface area contributed by atoms with Crippen LogP contribution in [-0.2, 0) is 0 Å². The summed E-state index contributed by atoms with van der Waals surface area (Å²) in [7, 11) is 1.72. The molecule has 0 saturated heterocycles. The van der Waals surface area contributed by atoms with E-state index < -0.39 is 0 Å². The molecule has 0 fully saturated rings. The van der Waals surface area contributed by atoms with Crippen LogP contribution in [0.15, 0.2) is 40.9 Å². The molecule has 2 rings (SSSR count). The first-order valence-corrected chi connectivity index (χ1v) is 4.79. The summed E-state index contributed by atoms with van der Waals surface area (Å²) in [5.41, 5.74) is 0. The highest BCUT2D eigenvalue weighted by molar-refractivity contribution is 6.01. The Kier molecular flexibility index (Phi) is 2.86. The van der Waals surface area contributed by atoms with E-state index in [0.717, 1.165) is 0 Å². The Morgan fingerprint density at radius 3 is 2.81 bits per heavy atom. The van der Waals surface area contributed by atoms with Gasteiger partial charge in [-0.1, -0.05) is 6.07 Å². The molecule has 16 heavy (non-hydrogen) atoms. The molecule has 0 radical (unpaired) electrons. The van der Waals surface area contributed by atoms with Gasteiger partial charge >= 0.3 is 0 Å². The van der Waals surface area contributed by atoms with Crippen LogP contribution in [0.25, 0.3) is 0 Å². The lowest BCUT2D eigenvalue weighted by Gasteiger charge is -2.00. The molecule has 0 atom stereocenters. The molecule has 0 spiro atoms. The van der Waals surface area contributed by atoms with Gasteiger partial charge in [0, 0.05) is 19.3 Å². The topological polar surface area (TPSA) is 67.2 Å². The molecule has 2 heterocycles. The third-order valence-corrected chi connectivity index (χ3v) is 1.98. The second-order valence-corrected chi connectivity index (χ2v) is 3.08. The van der Waals surface area contributed by atoms with Crippen molar-refractivity contribution in [3.05, 3.63) is 42.3 Å². The van der Waals surface area contributed by atoms with E-state index in [4.69, 9.17) is 4.42 Å². The van der Waals surface area contributed by atoms with E-state index in [1.165, 1.54) is 0 Å². The van der Waals surface area contributed by atoms with Crippen LogP contribution in [0.2, 0.25) is 0 Å². The lowest BCUT2D eigenvalue weighted by atomic mass is 10.4. The summed E-state index contributed by atoms with van der Waals surface area (Å²) in [6, 6.07) is 8.57. The number of nitrogens with zero attached hydrogens (tertiary/aromatic N) is 1. The van der Waals surface area contributed by atoms with Gasteiger partial charge in [0.1, 0.15) is 5.82 Å². The molecular formula is C11H11N3O2. The van der Waals surface area contributed by atoms with Crippen LogP contribution in [0.1, 0.15) is 10.6 Å². The third-order valence-electron chi connectivity index (χ3n) is 1.98. The van der Waals surface area contributed by atoms with E-state index in [9.17, 15) is 4.79 Å². The Morgan fingerprint density at radius 2 is 2.19 bits per heavy atom. The van der Waals surface area contributed by atoms with E-state index in [-0.39, 0.29) is 11.7 Å². The van der Waals surface area contributed by atoms with Crippen LogP contribution >= 0.6 is 0 Å². The summed E-state index contributed by atoms with van der Waals surface area (Å²) in [6.45, 7) is 0. The number of carbonyl (C=O) groups excluding carboxylic acids is 1. The Bertz CT molecular complexity index is 479. The fourth-order valence-corrected chi connectivity index (χ4v) is 1.21. The van der Waals surface area contributed by atoms with E-state index >= 15 is 0 Å². The normalized spacial score (nSPS) is 9.81. The molecule has 0 unspecified atom stereocenters. The minimum absolute atomic E-state index is 0.245. The second-order valence-electron chi connectivity index (χ2n) is 3.08. The van der Waals surface area contributed by atoms with Gasteiger partial charge in [0.2, 0.25) is 0 Å². The molecule has 2 aromatic heterocycles. The monoisotopic (exact) mass is 217 g/mol. The molecule has 0 aliphatic rings. The number of nitrogens with one attached hydrogen (secondary N) is 2. The van der Waals surface area contributed by atoms with Crippen LogP contribution in [0.5, 0.6) is 0 Å². The quantitative estimate of drug-likeness (QED) is 0.824. The van der Waals surface area contributed by atoms with Gasteiger partial charge in [-0.25, -0.2) is 4.98 Å². The van der Waals surface area contributed by atoms with E-state index in [0.29, 0.717) is 11.7 Å². The molecule has 0 saturated carbocycles. The maximum atomic E-state index is 11.7. The highest BCUT2D eigenvalue weighted by atomic mass is 16.4. The minimum atomic E-state index is -0.319. The van der Waals surface area contributed by atoms with Crippen molar-refractivity contribution in [3.63, 3.8) is 0 Å². The van der Waals surface area contributed by atoms with Crippen LogP contribution in [0.3, 0.4) is 0 Å². The van der Waals surface area contributed by atoms with Crippen molar-refractivity contribution in [1.82, 2.24) is 4.98 Å². The molecule has 2 aromatic rings. The molecule has 0 aliphatic carbocycles. The summed E-state index contributed by atoms with van der Waals surface area (Å²) >= 11 is 0. The third kappa shape index (κ3) is 2.20. The average Bonchev–Trinajstić information content (AvgIpc) is 2.79. The second kappa shape index (κ2) is 4.48. The smallest absolute Gasteiger partial charge is 0.292 e. The van der Waals surface area contributed by atoms with Crippen LogP contribution in [-0.4, -0.2) is 17.9 Å². The summed E-state index contributed by atoms with van der Waals surface area (Å²) in [4.78, 5) is 15.7. The van der Waals surface area contributed by atoms with Gasteiger partial charge in [-0.05, 0) is 18.2 Å². The van der Waals surface area contributed by atoms with E-state index in [1.54, 1.807) is 43.6 Å². The lowest BCUT2D eigenvalue weighted by molar-refractivity contribution is 0.0997. The maximum absolute atomic E-state index is 11.7. The van der Waals surface area contributed by atoms with Crippen molar-refractivity contribution in [2.75, 3.05) is 17.7 Å². The number of furan rings is 1. The Labute approximate surface area is 92.5 Å². The van der Waals surface area contributed by atoms with Gasteiger partial charge in [-0.3, -0.25) is 4.79 Å².